The Morgan fingerprint density at radius 3 is 2.25 bits per heavy atom. The third-order valence-corrected chi connectivity index (χ3v) is 2.00. The quantitative estimate of drug-likeness (QED) is 0.597. The summed E-state index contributed by atoms with van der Waals surface area (Å²) in [5.74, 6) is 0. The summed E-state index contributed by atoms with van der Waals surface area (Å²) in [6.45, 7) is 0. The molecular weight excluding hydrogens is 351 g/mol. The lowest BCUT2D eigenvalue weighted by molar-refractivity contribution is 0.702. The lowest BCUT2D eigenvalue weighted by Gasteiger charge is -1.99. The Kier molecular flexibility index (Phi) is 8.37. The van der Waals surface area contributed by atoms with E-state index < -0.39 is 0 Å². The highest BCUT2D eigenvalue weighted by Gasteiger charge is 1.97. The second-order valence-corrected chi connectivity index (χ2v) is 6.40. The summed E-state index contributed by atoms with van der Waals surface area (Å²) >= 11 is 8.69. The van der Waals surface area contributed by atoms with Gasteiger partial charge in [-0.2, -0.15) is 4.21 Å². The molecule has 0 N–H and O–H groups in total. The fourth-order valence-corrected chi connectivity index (χ4v) is 1.67. The molecule has 1 rings (SSSR count). The van der Waals surface area contributed by atoms with E-state index in [-0.39, 0.29) is 0 Å². The predicted molar refractivity (Wildman–Crippen MR) is 65.0 cm³/mol. The van der Waals surface area contributed by atoms with Gasteiger partial charge < -0.3 is 0 Å². The zero-order valence-electron chi connectivity index (χ0n) is 6.24. The Labute approximate surface area is 99.7 Å². The van der Waals surface area contributed by atoms with Crippen LogP contribution in [0.15, 0.2) is 30.3 Å². The van der Waals surface area contributed by atoms with Crippen LogP contribution in [0, 0.1) is 0 Å². The summed E-state index contributed by atoms with van der Waals surface area (Å²) in [7, 11) is 0. The first kappa shape index (κ1) is 12.4. The third-order valence-electron chi connectivity index (χ3n) is 1.23. The molecule has 0 aliphatic carbocycles. The maximum Gasteiger partial charge on any atom is 0.197 e. The first-order chi connectivity index (χ1) is 5.79. The lowest BCUT2D eigenvalue weighted by atomic mass is 10.2. The van der Waals surface area contributed by atoms with Gasteiger partial charge in [-0.15, -0.1) is 0 Å². The molecule has 0 radical (unpaired) electrons. The smallest absolute Gasteiger partial charge is 0.197 e. The Bertz CT molecular complexity index is 205. The second kappa shape index (κ2) is 8.07. The van der Waals surface area contributed by atoms with E-state index in [9.17, 15) is 0 Å². The van der Waals surface area contributed by atoms with E-state index in [1.807, 2.05) is 6.07 Å². The normalized spacial score (nSPS) is 11.2. The van der Waals surface area contributed by atoms with E-state index in [2.05, 4.69) is 75.3 Å². The largest absolute Gasteiger partial charge is 0.197 e. The van der Waals surface area contributed by atoms with Gasteiger partial charge in [-0.05, 0) is 12.0 Å². The van der Waals surface area contributed by atoms with Crippen LogP contribution < -0.4 is 0 Å². The van der Waals surface area contributed by atoms with Gasteiger partial charge in [0.15, 0.2) is 12.5 Å². The van der Waals surface area contributed by atoms with E-state index >= 15 is 0 Å². The summed E-state index contributed by atoms with van der Waals surface area (Å²) in [6.07, 6.45) is 1.10. The van der Waals surface area contributed by atoms with Crippen molar-refractivity contribution in [2.75, 3.05) is 0 Å². The Morgan fingerprint density at radius 2 is 1.83 bits per heavy atom. The summed E-state index contributed by atoms with van der Waals surface area (Å²) in [5, 5.41) is 0. The SMILES string of the molecule is BrC(I)Cc1ccccc1.O=S. The molecule has 1 aromatic rings. The highest BCUT2D eigenvalue weighted by Crippen LogP contribution is 2.15. The molecule has 1 unspecified atom stereocenters. The third kappa shape index (κ3) is 6.02. The molecule has 1 aromatic carbocycles. The van der Waals surface area contributed by atoms with Crippen LogP contribution in [0.5, 0.6) is 0 Å². The topological polar surface area (TPSA) is 17.1 Å². The maximum atomic E-state index is 7.83. The summed E-state index contributed by atoms with van der Waals surface area (Å²) < 4.78 is 8.38. The minimum atomic E-state index is 0.549. The minimum absolute atomic E-state index is 0.549. The molecule has 1 atom stereocenters. The molecule has 0 saturated heterocycles. The fourth-order valence-electron chi connectivity index (χ4n) is 0.792. The van der Waals surface area contributed by atoms with E-state index in [0.29, 0.717) is 2.83 Å². The molecule has 12 heavy (non-hydrogen) atoms. The Balaban J connectivity index is 0.000000561. The van der Waals surface area contributed by atoms with Crippen molar-refractivity contribution in [2.24, 2.45) is 0 Å². The van der Waals surface area contributed by atoms with E-state index in [1.54, 1.807) is 0 Å². The lowest BCUT2D eigenvalue weighted by Crippen LogP contribution is -1.90. The van der Waals surface area contributed by atoms with Crippen LogP contribution in [-0.2, 0) is 19.0 Å². The van der Waals surface area contributed by atoms with Crippen LogP contribution in [-0.4, -0.2) is 7.04 Å². The van der Waals surface area contributed by atoms with Crippen LogP contribution in [0.2, 0.25) is 0 Å². The Hall–Kier alpha value is 0.450. The molecule has 0 spiro atoms. The Morgan fingerprint density at radius 1 is 1.33 bits per heavy atom. The summed E-state index contributed by atoms with van der Waals surface area (Å²) in [6, 6.07) is 10.5. The van der Waals surface area contributed by atoms with Crippen molar-refractivity contribution in [3.8, 4) is 0 Å². The van der Waals surface area contributed by atoms with E-state index in [0.717, 1.165) is 6.42 Å². The molecule has 1 nitrogen and oxygen atoms in total. The van der Waals surface area contributed by atoms with Crippen LogP contribution in [0.3, 0.4) is 0 Å². The van der Waals surface area contributed by atoms with Crippen molar-refractivity contribution >= 4 is 51.1 Å². The number of alkyl halides is 2. The van der Waals surface area contributed by atoms with Crippen molar-refractivity contribution in [2.45, 2.75) is 9.25 Å². The van der Waals surface area contributed by atoms with Crippen molar-refractivity contribution < 1.29 is 4.21 Å². The highest BCUT2D eigenvalue weighted by molar-refractivity contribution is 14.1. The molecule has 66 valence electrons. The van der Waals surface area contributed by atoms with Gasteiger partial charge in [0.25, 0.3) is 0 Å². The van der Waals surface area contributed by atoms with Gasteiger partial charge in [-0.25, -0.2) is 0 Å². The minimum Gasteiger partial charge on any atom is -0.197 e. The molecule has 0 heterocycles. The maximum absolute atomic E-state index is 7.83. The number of benzene rings is 1. The van der Waals surface area contributed by atoms with Crippen LogP contribution in [0.1, 0.15) is 5.56 Å². The first-order valence-electron chi connectivity index (χ1n) is 3.28. The van der Waals surface area contributed by atoms with Gasteiger partial charge >= 0.3 is 0 Å². The number of rotatable bonds is 2. The predicted octanol–water partition coefficient (Wildman–Crippen LogP) is 3.05. The number of hydrogen-bond acceptors (Lipinski definition) is 2. The van der Waals surface area contributed by atoms with Crippen LogP contribution >= 0.6 is 38.5 Å². The van der Waals surface area contributed by atoms with Gasteiger partial charge in [0.2, 0.25) is 0 Å². The van der Waals surface area contributed by atoms with Crippen molar-refractivity contribution in [1.82, 2.24) is 0 Å². The monoisotopic (exact) mass is 358 g/mol. The van der Waals surface area contributed by atoms with Crippen LogP contribution in [0.25, 0.3) is 0 Å². The van der Waals surface area contributed by atoms with Gasteiger partial charge in [0.1, 0.15) is 0 Å². The van der Waals surface area contributed by atoms with Crippen LogP contribution in [0.4, 0.5) is 0 Å². The first-order valence-corrected chi connectivity index (χ1v) is 5.77. The summed E-state index contributed by atoms with van der Waals surface area (Å²) in [5.41, 5.74) is 1.39. The molecule has 0 aliphatic heterocycles. The molecule has 0 aliphatic rings. The molecule has 0 aromatic heterocycles. The molecule has 0 saturated carbocycles. The van der Waals surface area contributed by atoms with E-state index in [4.69, 9.17) is 4.21 Å². The number of halogens is 2. The van der Waals surface area contributed by atoms with Gasteiger partial charge in [0.05, 0.1) is 2.83 Å². The summed E-state index contributed by atoms with van der Waals surface area (Å²) in [4.78, 5) is 0. The average molecular weight is 359 g/mol. The van der Waals surface area contributed by atoms with Gasteiger partial charge in [0, 0.05) is 0 Å². The number of hydrogen-bond donors (Lipinski definition) is 0. The molecule has 4 heteroatoms. The van der Waals surface area contributed by atoms with Crippen molar-refractivity contribution in [1.29, 1.82) is 0 Å². The van der Waals surface area contributed by atoms with Crippen molar-refractivity contribution in [3.05, 3.63) is 35.9 Å². The second-order valence-electron chi connectivity index (χ2n) is 2.08. The molecule has 0 bridgehead atoms. The standard InChI is InChI=1S/C8H8BrI.OS/c9-8(10)6-7-4-2-1-3-5-7;1-2/h1-5,8H,6H2;. The molecule has 0 amide bonds. The zero-order valence-corrected chi connectivity index (χ0v) is 10.8. The van der Waals surface area contributed by atoms with E-state index in [1.165, 1.54) is 5.56 Å². The van der Waals surface area contributed by atoms with Gasteiger partial charge in [-0.1, -0.05) is 68.9 Å². The molecular formula is C8H8BrIOS. The zero-order chi connectivity index (χ0) is 9.40. The van der Waals surface area contributed by atoms with Crippen molar-refractivity contribution in [3.63, 3.8) is 0 Å². The fraction of sp³-hybridized carbons (Fsp3) is 0.250. The van der Waals surface area contributed by atoms with Gasteiger partial charge in [-0.3, -0.25) is 0 Å². The molecule has 0 fully saturated rings. The average Bonchev–Trinajstić information content (AvgIpc) is 2.08. The highest BCUT2D eigenvalue weighted by atomic mass is 127.